The number of fused-ring (bicyclic) bond motifs is 1. The number of amides is 1. The molecule has 3 rings (SSSR count). The van der Waals surface area contributed by atoms with Gasteiger partial charge in [0.1, 0.15) is 6.04 Å². The molecule has 0 spiro atoms. The molecule has 1 heterocycles. The number of carbonyl (C=O) groups excluding carboxylic acids is 1. The predicted molar refractivity (Wildman–Crippen MR) is 103 cm³/mol. The molecule has 1 unspecified atom stereocenters. The minimum Gasteiger partial charge on any atom is -0.374 e. The summed E-state index contributed by atoms with van der Waals surface area (Å²) in [5.74, 6) is -2.42. The van der Waals surface area contributed by atoms with Gasteiger partial charge in [0.15, 0.2) is 11.6 Å². The van der Waals surface area contributed by atoms with Gasteiger partial charge in [0, 0.05) is 30.5 Å². The highest BCUT2D eigenvalue weighted by Gasteiger charge is 2.25. The number of hydrogen-bond donors (Lipinski definition) is 2. The lowest BCUT2D eigenvalue weighted by Gasteiger charge is -2.29. The number of hydrogen-bond acceptors (Lipinski definition) is 4. The van der Waals surface area contributed by atoms with E-state index in [2.05, 4.69) is 10.6 Å². The summed E-state index contributed by atoms with van der Waals surface area (Å²) in [5.41, 5.74) is 2.76. The van der Waals surface area contributed by atoms with Gasteiger partial charge >= 0.3 is 0 Å². The Balaban J connectivity index is 1.71. The summed E-state index contributed by atoms with van der Waals surface area (Å²) in [6.45, 7) is 2.32. The monoisotopic (exact) mass is 409 g/mol. The Morgan fingerprint density at radius 2 is 1.93 bits per heavy atom. The molecule has 0 bridgehead atoms. The van der Waals surface area contributed by atoms with Gasteiger partial charge in [-0.3, -0.25) is 4.79 Å². The van der Waals surface area contributed by atoms with Crippen molar-refractivity contribution in [3.05, 3.63) is 59.2 Å². The maximum atomic E-state index is 13.3. The first kappa shape index (κ1) is 20.2. The first-order valence-corrected chi connectivity index (χ1v) is 10.6. The second-order valence-corrected chi connectivity index (χ2v) is 8.76. The van der Waals surface area contributed by atoms with E-state index in [9.17, 15) is 22.0 Å². The molecule has 0 aromatic heterocycles. The van der Waals surface area contributed by atoms with E-state index in [1.807, 2.05) is 12.1 Å². The minimum absolute atomic E-state index is 0.163. The first-order valence-electron chi connectivity index (χ1n) is 8.73. The molecule has 0 radical (unpaired) electrons. The Morgan fingerprint density at radius 1 is 1.18 bits per heavy atom. The lowest BCUT2D eigenvalue weighted by atomic mass is 9.98. The van der Waals surface area contributed by atoms with Crippen molar-refractivity contribution in [2.75, 3.05) is 23.4 Å². The summed E-state index contributed by atoms with van der Waals surface area (Å²) in [7, 11) is -3.27. The molecule has 1 aliphatic rings. The van der Waals surface area contributed by atoms with Crippen molar-refractivity contribution in [1.29, 1.82) is 0 Å². The minimum atomic E-state index is -3.27. The van der Waals surface area contributed by atoms with Crippen molar-refractivity contribution >= 4 is 27.3 Å². The van der Waals surface area contributed by atoms with Crippen molar-refractivity contribution in [2.24, 2.45) is 0 Å². The fraction of sp³-hybridized carbons (Fsp3) is 0.316. The van der Waals surface area contributed by atoms with E-state index in [-0.39, 0.29) is 5.69 Å². The Kier molecular flexibility index (Phi) is 5.66. The quantitative estimate of drug-likeness (QED) is 0.796. The molecule has 28 heavy (non-hydrogen) atoms. The van der Waals surface area contributed by atoms with Crippen molar-refractivity contribution in [1.82, 2.24) is 4.31 Å². The van der Waals surface area contributed by atoms with Crippen LogP contribution in [0.25, 0.3) is 0 Å². The molecule has 1 amide bonds. The molecule has 9 heteroatoms. The van der Waals surface area contributed by atoms with Crippen LogP contribution < -0.4 is 10.6 Å². The van der Waals surface area contributed by atoms with Crippen LogP contribution in [0.3, 0.4) is 0 Å². The number of benzene rings is 2. The third-order valence-corrected chi connectivity index (χ3v) is 5.90. The summed E-state index contributed by atoms with van der Waals surface area (Å²) in [4.78, 5) is 12.4. The highest BCUT2D eigenvalue weighted by Crippen LogP contribution is 2.28. The zero-order valence-electron chi connectivity index (χ0n) is 15.5. The number of nitrogens with zero attached hydrogens (tertiary/aromatic N) is 1. The first-order chi connectivity index (χ1) is 13.1. The maximum Gasteiger partial charge on any atom is 0.246 e. The van der Waals surface area contributed by atoms with Crippen molar-refractivity contribution < 1.29 is 22.0 Å². The predicted octanol–water partition coefficient (Wildman–Crippen LogP) is 2.72. The van der Waals surface area contributed by atoms with E-state index in [4.69, 9.17) is 0 Å². The average molecular weight is 409 g/mol. The van der Waals surface area contributed by atoms with Crippen LogP contribution in [0.1, 0.15) is 18.1 Å². The van der Waals surface area contributed by atoms with Crippen LogP contribution in [0.5, 0.6) is 0 Å². The normalized spacial score (nSPS) is 15.6. The van der Waals surface area contributed by atoms with Gasteiger partial charge in [0.2, 0.25) is 15.9 Å². The number of carbonyl (C=O) groups is 1. The van der Waals surface area contributed by atoms with Crippen molar-refractivity contribution in [3.63, 3.8) is 0 Å². The Hall–Kier alpha value is -2.52. The molecule has 2 aromatic rings. The van der Waals surface area contributed by atoms with Gasteiger partial charge in [-0.1, -0.05) is 12.1 Å². The van der Waals surface area contributed by atoms with Gasteiger partial charge in [0.25, 0.3) is 0 Å². The molecule has 1 aliphatic heterocycles. The van der Waals surface area contributed by atoms with Gasteiger partial charge < -0.3 is 10.6 Å². The van der Waals surface area contributed by atoms with E-state index in [1.54, 1.807) is 13.0 Å². The second kappa shape index (κ2) is 7.84. The van der Waals surface area contributed by atoms with Crippen molar-refractivity contribution in [2.45, 2.75) is 25.9 Å². The molecule has 150 valence electrons. The molecule has 2 N–H and O–H groups in total. The van der Waals surface area contributed by atoms with Crippen molar-refractivity contribution in [3.8, 4) is 0 Å². The molecule has 6 nitrogen and oxygen atoms in total. The fourth-order valence-corrected chi connectivity index (χ4v) is 3.92. The Morgan fingerprint density at radius 3 is 2.61 bits per heavy atom. The van der Waals surface area contributed by atoms with Crippen LogP contribution in [0.15, 0.2) is 36.4 Å². The van der Waals surface area contributed by atoms with Crippen LogP contribution in [0.2, 0.25) is 0 Å². The number of sulfonamides is 1. The third-order valence-electron chi connectivity index (χ3n) is 4.65. The van der Waals surface area contributed by atoms with Crippen LogP contribution in [0, 0.1) is 11.6 Å². The largest absolute Gasteiger partial charge is 0.374 e. The van der Waals surface area contributed by atoms with Crippen LogP contribution in [0.4, 0.5) is 20.2 Å². The highest BCUT2D eigenvalue weighted by atomic mass is 32.2. The Bertz CT molecular complexity index is 1010. The van der Waals surface area contributed by atoms with Gasteiger partial charge in [-0.25, -0.2) is 17.2 Å². The van der Waals surface area contributed by atoms with Gasteiger partial charge in [-0.2, -0.15) is 4.31 Å². The van der Waals surface area contributed by atoms with Gasteiger partial charge in [-0.05, 0) is 42.7 Å². The van der Waals surface area contributed by atoms with E-state index < -0.39 is 33.6 Å². The fourth-order valence-electron chi connectivity index (χ4n) is 3.13. The second-order valence-electron chi connectivity index (χ2n) is 6.77. The van der Waals surface area contributed by atoms with E-state index >= 15 is 0 Å². The zero-order chi connectivity index (χ0) is 20.5. The van der Waals surface area contributed by atoms with E-state index in [0.29, 0.717) is 19.5 Å². The zero-order valence-corrected chi connectivity index (χ0v) is 16.3. The average Bonchev–Trinajstić information content (AvgIpc) is 2.63. The Labute approximate surface area is 162 Å². The number of nitrogens with one attached hydrogen (secondary N) is 2. The lowest BCUT2D eigenvalue weighted by molar-refractivity contribution is -0.116. The standard InChI is InChI=1S/C19H21F2N3O3S/c1-12(19(25)23-14-6-7-16(20)17(21)10-14)22-18-5-3-4-13-11-24(28(2,26)27)9-8-15(13)18/h3-7,10,12,22H,8-9,11H2,1-2H3,(H,23,25). The molecular formula is C19H21F2N3O3S. The summed E-state index contributed by atoms with van der Waals surface area (Å²) in [6.07, 6.45) is 1.72. The molecule has 0 aliphatic carbocycles. The number of rotatable bonds is 5. The molecule has 1 atom stereocenters. The highest BCUT2D eigenvalue weighted by molar-refractivity contribution is 7.88. The molecular weight excluding hydrogens is 388 g/mol. The molecule has 0 saturated carbocycles. The van der Waals surface area contributed by atoms with E-state index in [1.165, 1.54) is 16.6 Å². The van der Waals surface area contributed by atoms with Gasteiger partial charge in [-0.15, -0.1) is 0 Å². The molecule has 0 fully saturated rings. The lowest BCUT2D eigenvalue weighted by Crippen LogP contribution is -2.36. The van der Waals surface area contributed by atoms with Crippen LogP contribution in [-0.4, -0.2) is 37.5 Å². The number of halogens is 2. The van der Waals surface area contributed by atoms with Crippen LogP contribution >= 0.6 is 0 Å². The summed E-state index contributed by atoms with van der Waals surface area (Å²) in [5, 5.41) is 5.66. The third kappa shape index (κ3) is 4.48. The summed E-state index contributed by atoms with van der Waals surface area (Å²) >= 11 is 0. The van der Waals surface area contributed by atoms with E-state index in [0.717, 1.165) is 28.9 Å². The maximum absolute atomic E-state index is 13.3. The molecule has 0 saturated heterocycles. The molecule has 2 aromatic carbocycles. The number of anilines is 2. The van der Waals surface area contributed by atoms with Crippen LogP contribution in [-0.2, 0) is 27.8 Å². The summed E-state index contributed by atoms with van der Waals surface area (Å²) < 4.78 is 51.3. The SMILES string of the molecule is CC(Nc1cccc2c1CCN(S(C)(=O)=O)C2)C(=O)Nc1ccc(F)c(F)c1. The topological polar surface area (TPSA) is 78.5 Å². The smallest absolute Gasteiger partial charge is 0.246 e. The summed E-state index contributed by atoms with van der Waals surface area (Å²) in [6, 6.07) is 8.00. The van der Waals surface area contributed by atoms with Gasteiger partial charge in [0.05, 0.1) is 6.26 Å².